The number of carbonyl (C=O) groups excluding carboxylic acids is 1. The smallest absolute Gasteiger partial charge is 0.254 e. The number of carbonyl (C=O) groups is 1. The van der Waals surface area contributed by atoms with Gasteiger partial charge in [-0.15, -0.1) is 0 Å². The molecule has 0 bridgehead atoms. The zero-order chi connectivity index (χ0) is 22.2. The van der Waals surface area contributed by atoms with E-state index < -0.39 is 10.0 Å². The number of nitrogens with zero attached hydrogens (tertiary/aromatic N) is 3. The molecule has 2 aromatic carbocycles. The van der Waals surface area contributed by atoms with E-state index in [0.717, 1.165) is 0 Å². The molecular weight excluding hydrogens is 418 g/mol. The molecule has 0 radical (unpaired) electrons. The van der Waals surface area contributed by atoms with Gasteiger partial charge in [0.1, 0.15) is 5.75 Å². The molecule has 0 atom stereocenters. The van der Waals surface area contributed by atoms with Gasteiger partial charge in [0.25, 0.3) is 11.5 Å². The minimum absolute atomic E-state index is 0.183. The van der Waals surface area contributed by atoms with Crippen LogP contribution in [0.4, 0.5) is 0 Å². The van der Waals surface area contributed by atoms with Crippen molar-refractivity contribution in [3.05, 3.63) is 70.5 Å². The van der Waals surface area contributed by atoms with Gasteiger partial charge in [-0.05, 0) is 30.3 Å². The molecule has 0 aliphatic carbocycles. The van der Waals surface area contributed by atoms with E-state index in [1.165, 1.54) is 34.2 Å². The van der Waals surface area contributed by atoms with Crippen molar-refractivity contribution in [1.29, 1.82) is 0 Å². The Morgan fingerprint density at radius 3 is 2.26 bits per heavy atom. The molecule has 0 unspecified atom stereocenters. The highest BCUT2D eigenvalue weighted by atomic mass is 32.2. The Kier molecular flexibility index (Phi) is 5.55. The molecule has 1 saturated heterocycles. The summed E-state index contributed by atoms with van der Waals surface area (Å²) in [5, 5.41) is 0.697. The van der Waals surface area contributed by atoms with Gasteiger partial charge >= 0.3 is 0 Å². The van der Waals surface area contributed by atoms with E-state index in [1.807, 2.05) is 18.2 Å². The second-order valence-corrected chi connectivity index (χ2v) is 9.28. The molecule has 3 aromatic rings. The van der Waals surface area contributed by atoms with Crippen molar-refractivity contribution in [2.75, 3.05) is 33.3 Å². The van der Waals surface area contributed by atoms with Gasteiger partial charge in [-0.3, -0.25) is 9.59 Å². The average Bonchev–Trinajstić information content (AvgIpc) is 2.81. The molecule has 0 N–H and O–H groups in total. The summed E-state index contributed by atoms with van der Waals surface area (Å²) in [6.07, 6.45) is 0. The van der Waals surface area contributed by atoms with Gasteiger partial charge in [-0.25, -0.2) is 8.42 Å². The molecule has 1 aliphatic heterocycles. The minimum Gasteiger partial charge on any atom is -0.497 e. The molecule has 1 fully saturated rings. The second-order valence-electron chi connectivity index (χ2n) is 7.34. The normalized spacial score (nSPS) is 15.2. The van der Waals surface area contributed by atoms with Gasteiger partial charge in [0.15, 0.2) is 0 Å². The van der Waals surface area contributed by atoms with Crippen LogP contribution in [0.5, 0.6) is 5.75 Å². The Morgan fingerprint density at radius 1 is 0.968 bits per heavy atom. The lowest BCUT2D eigenvalue weighted by molar-refractivity contribution is 0.0699. The average molecular weight is 442 g/mol. The molecule has 1 aliphatic rings. The van der Waals surface area contributed by atoms with E-state index >= 15 is 0 Å². The summed E-state index contributed by atoms with van der Waals surface area (Å²) in [4.78, 5) is 27.3. The van der Waals surface area contributed by atoms with E-state index in [-0.39, 0.29) is 42.5 Å². The SMILES string of the molecule is COc1ccc(S(=O)(=O)N2CCN(C(=O)c3cc(=O)n(C)c4ccccc34)CC2)cc1. The van der Waals surface area contributed by atoms with Crippen LogP contribution in [0.25, 0.3) is 10.9 Å². The molecule has 9 heteroatoms. The number of methoxy groups -OCH3 is 1. The van der Waals surface area contributed by atoms with Crippen LogP contribution in [0.1, 0.15) is 10.4 Å². The summed E-state index contributed by atoms with van der Waals surface area (Å²) in [7, 11) is -0.474. The van der Waals surface area contributed by atoms with Crippen molar-refractivity contribution in [1.82, 2.24) is 13.8 Å². The maximum Gasteiger partial charge on any atom is 0.254 e. The largest absolute Gasteiger partial charge is 0.497 e. The number of ether oxygens (including phenoxy) is 1. The predicted octanol–water partition coefficient (Wildman–Crippen LogP) is 1.69. The van der Waals surface area contributed by atoms with Gasteiger partial charge < -0.3 is 14.2 Å². The number of rotatable bonds is 4. The van der Waals surface area contributed by atoms with E-state index in [2.05, 4.69) is 0 Å². The van der Waals surface area contributed by atoms with Crippen molar-refractivity contribution in [3.8, 4) is 5.75 Å². The van der Waals surface area contributed by atoms with Gasteiger partial charge in [0.2, 0.25) is 10.0 Å². The monoisotopic (exact) mass is 441 g/mol. The Bertz CT molecular complexity index is 1290. The van der Waals surface area contributed by atoms with Crippen LogP contribution in [0.2, 0.25) is 0 Å². The van der Waals surface area contributed by atoms with E-state index in [9.17, 15) is 18.0 Å². The molecule has 0 saturated carbocycles. The lowest BCUT2D eigenvalue weighted by atomic mass is 10.1. The highest BCUT2D eigenvalue weighted by molar-refractivity contribution is 7.89. The highest BCUT2D eigenvalue weighted by Crippen LogP contribution is 2.22. The van der Waals surface area contributed by atoms with Crippen LogP contribution < -0.4 is 10.3 Å². The number of fused-ring (bicyclic) bond motifs is 1. The van der Waals surface area contributed by atoms with Crippen LogP contribution in [-0.4, -0.2) is 61.4 Å². The third-order valence-electron chi connectivity index (χ3n) is 5.61. The number of sulfonamides is 1. The summed E-state index contributed by atoms with van der Waals surface area (Å²) >= 11 is 0. The van der Waals surface area contributed by atoms with Gasteiger partial charge in [-0.2, -0.15) is 4.31 Å². The predicted molar refractivity (Wildman–Crippen MR) is 117 cm³/mol. The summed E-state index contributed by atoms with van der Waals surface area (Å²) in [5.41, 5.74) is 0.756. The van der Waals surface area contributed by atoms with Crippen molar-refractivity contribution in [2.45, 2.75) is 4.90 Å². The summed E-state index contributed by atoms with van der Waals surface area (Å²) in [6, 6.07) is 14.8. The molecule has 1 aromatic heterocycles. The first-order chi connectivity index (χ1) is 14.8. The van der Waals surface area contributed by atoms with Crippen molar-refractivity contribution >= 4 is 26.8 Å². The highest BCUT2D eigenvalue weighted by Gasteiger charge is 2.31. The summed E-state index contributed by atoms with van der Waals surface area (Å²) < 4.78 is 33.8. The third-order valence-corrected chi connectivity index (χ3v) is 7.52. The number of amides is 1. The number of hydrogen-bond acceptors (Lipinski definition) is 5. The van der Waals surface area contributed by atoms with Crippen molar-refractivity contribution in [3.63, 3.8) is 0 Å². The number of piperazine rings is 1. The minimum atomic E-state index is -3.66. The van der Waals surface area contributed by atoms with Gasteiger partial charge in [0, 0.05) is 44.7 Å². The Labute approximate surface area is 180 Å². The third kappa shape index (κ3) is 3.82. The first-order valence-corrected chi connectivity index (χ1v) is 11.3. The Hall–Kier alpha value is -3.17. The van der Waals surface area contributed by atoms with Crippen LogP contribution in [0.15, 0.2) is 64.3 Å². The quantitative estimate of drug-likeness (QED) is 0.615. The number of benzene rings is 2. The fraction of sp³-hybridized carbons (Fsp3) is 0.273. The molecule has 1 amide bonds. The summed E-state index contributed by atoms with van der Waals surface area (Å²) in [6.45, 7) is 0.862. The molecule has 8 nitrogen and oxygen atoms in total. The van der Waals surface area contributed by atoms with E-state index in [4.69, 9.17) is 4.74 Å². The topological polar surface area (TPSA) is 88.9 Å². The molecule has 162 valence electrons. The first-order valence-electron chi connectivity index (χ1n) is 9.85. The molecule has 4 rings (SSSR count). The number of aromatic nitrogens is 1. The maximum atomic E-state index is 13.2. The Morgan fingerprint density at radius 2 is 1.61 bits per heavy atom. The number of hydrogen-bond donors (Lipinski definition) is 0. The van der Waals surface area contributed by atoms with Gasteiger partial charge in [0.05, 0.1) is 23.1 Å². The number of pyridine rings is 1. The standard InChI is InChI=1S/C22H23N3O5S/c1-23-20-6-4-3-5-18(20)19(15-21(23)26)22(27)24-11-13-25(14-12-24)31(28,29)17-9-7-16(30-2)8-10-17/h3-10,15H,11-14H2,1-2H3. The fourth-order valence-electron chi connectivity index (χ4n) is 3.79. The van der Waals surface area contributed by atoms with E-state index in [1.54, 1.807) is 30.1 Å². The van der Waals surface area contributed by atoms with E-state index in [0.29, 0.717) is 22.2 Å². The Balaban J connectivity index is 1.54. The lowest BCUT2D eigenvalue weighted by Gasteiger charge is -2.34. The summed E-state index contributed by atoms with van der Waals surface area (Å²) in [5.74, 6) is 0.311. The van der Waals surface area contributed by atoms with Crippen molar-refractivity contribution < 1.29 is 17.9 Å². The van der Waals surface area contributed by atoms with Crippen molar-refractivity contribution in [2.24, 2.45) is 7.05 Å². The van der Waals surface area contributed by atoms with Gasteiger partial charge in [-0.1, -0.05) is 18.2 Å². The van der Waals surface area contributed by atoms with Crippen LogP contribution in [0, 0.1) is 0 Å². The number of aryl methyl sites for hydroxylation is 1. The molecule has 0 spiro atoms. The molecular formula is C22H23N3O5S. The number of para-hydroxylation sites is 1. The first kappa shape index (κ1) is 21.1. The maximum absolute atomic E-state index is 13.2. The molecule has 2 heterocycles. The lowest BCUT2D eigenvalue weighted by Crippen LogP contribution is -2.50. The second kappa shape index (κ2) is 8.16. The van der Waals surface area contributed by atoms with Crippen LogP contribution in [0.3, 0.4) is 0 Å². The zero-order valence-electron chi connectivity index (χ0n) is 17.3. The van der Waals surface area contributed by atoms with Crippen LogP contribution >= 0.6 is 0 Å². The fourth-order valence-corrected chi connectivity index (χ4v) is 5.21. The zero-order valence-corrected chi connectivity index (χ0v) is 18.1. The molecule has 31 heavy (non-hydrogen) atoms. The van der Waals surface area contributed by atoms with Crippen LogP contribution in [-0.2, 0) is 17.1 Å².